The molecule has 0 saturated carbocycles. The fourth-order valence-corrected chi connectivity index (χ4v) is 2.31. The first-order valence-electron chi connectivity index (χ1n) is 6.61. The summed E-state index contributed by atoms with van der Waals surface area (Å²) in [7, 11) is 0. The second-order valence-electron chi connectivity index (χ2n) is 5.11. The standard InChI is InChI=1S/C15H21NO2/c1-11(2)18-14-8-13(9-16-10-14)15(17)12-6-4-3-5-7-12/h3-4,8-12,15,17H,5-7H2,1-2H3. The molecule has 0 fully saturated rings. The van der Waals surface area contributed by atoms with E-state index in [1.807, 2.05) is 19.9 Å². The van der Waals surface area contributed by atoms with Gasteiger partial charge in [0, 0.05) is 11.8 Å². The van der Waals surface area contributed by atoms with Gasteiger partial charge in [-0.1, -0.05) is 12.2 Å². The van der Waals surface area contributed by atoms with Crippen LogP contribution in [0.25, 0.3) is 0 Å². The quantitative estimate of drug-likeness (QED) is 0.830. The molecule has 1 N–H and O–H groups in total. The number of aromatic nitrogens is 1. The maximum atomic E-state index is 10.4. The van der Waals surface area contributed by atoms with Gasteiger partial charge in [-0.05, 0) is 45.1 Å². The van der Waals surface area contributed by atoms with E-state index in [9.17, 15) is 5.11 Å². The van der Waals surface area contributed by atoms with Crippen molar-refractivity contribution in [2.75, 3.05) is 0 Å². The summed E-state index contributed by atoms with van der Waals surface area (Å²) in [6.45, 7) is 3.96. The molecule has 18 heavy (non-hydrogen) atoms. The lowest BCUT2D eigenvalue weighted by Gasteiger charge is -2.24. The van der Waals surface area contributed by atoms with Crippen molar-refractivity contribution < 1.29 is 9.84 Å². The predicted octanol–water partition coefficient (Wildman–Crippen LogP) is 3.26. The highest BCUT2D eigenvalue weighted by Gasteiger charge is 2.21. The van der Waals surface area contributed by atoms with E-state index < -0.39 is 6.10 Å². The molecule has 1 heterocycles. The van der Waals surface area contributed by atoms with Crippen LogP contribution in [0.1, 0.15) is 44.8 Å². The average molecular weight is 247 g/mol. The molecule has 0 aliphatic heterocycles. The molecule has 3 heteroatoms. The molecule has 0 radical (unpaired) electrons. The monoisotopic (exact) mass is 247 g/mol. The highest BCUT2D eigenvalue weighted by molar-refractivity contribution is 5.26. The Bertz CT molecular complexity index is 415. The van der Waals surface area contributed by atoms with Crippen molar-refractivity contribution in [3.8, 4) is 5.75 Å². The van der Waals surface area contributed by atoms with Crippen LogP contribution >= 0.6 is 0 Å². The van der Waals surface area contributed by atoms with Crippen LogP contribution in [0.2, 0.25) is 0 Å². The van der Waals surface area contributed by atoms with Crippen LogP contribution in [0.4, 0.5) is 0 Å². The zero-order valence-electron chi connectivity index (χ0n) is 11.0. The number of hydrogen-bond acceptors (Lipinski definition) is 3. The van der Waals surface area contributed by atoms with Crippen molar-refractivity contribution in [3.63, 3.8) is 0 Å². The van der Waals surface area contributed by atoms with Gasteiger partial charge in [-0.2, -0.15) is 0 Å². The zero-order valence-corrected chi connectivity index (χ0v) is 11.0. The van der Waals surface area contributed by atoms with Gasteiger partial charge in [0.2, 0.25) is 0 Å². The van der Waals surface area contributed by atoms with E-state index in [-0.39, 0.29) is 6.10 Å². The summed E-state index contributed by atoms with van der Waals surface area (Å²) in [5.74, 6) is 1.03. The third-order valence-corrected chi connectivity index (χ3v) is 3.20. The molecule has 0 aromatic carbocycles. The zero-order chi connectivity index (χ0) is 13.0. The van der Waals surface area contributed by atoms with Crippen molar-refractivity contribution in [2.24, 2.45) is 5.92 Å². The van der Waals surface area contributed by atoms with E-state index in [1.165, 1.54) is 0 Å². The largest absolute Gasteiger partial charge is 0.489 e. The lowest BCUT2D eigenvalue weighted by molar-refractivity contribution is 0.102. The van der Waals surface area contributed by atoms with Gasteiger partial charge in [-0.25, -0.2) is 0 Å². The Labute approximate surface area is 109 Å². The lowest BCUT2D eigenvalue weighted by Crippen LogP contribution is -2.14. The normalized spacial score (nSPS) is 21.0. The summed E-state index contributed by atoms with van der Waals surface area (Å²) in [5.41, 5.74) is 0.855. The summed E-state index contributed by atoms with van der Waals surface area (Å²) in [5, 5.41) is 10.4. The van der Waals surface area contributed by atoms with Crippen molar-refractivity contribution in [2.45, 2.75) is 45.3 Å². The molecule has 3 nitrogen and oxygen atoms in total. The summed E-state index contributed by atoms with van der Waals surface area (Å²) in [6.07, 6.45) is 10.5. The summed E-state index contributed by atoms with van der Waals surface area (Å²) in [4.78, 5) is 4.15. The first kappa shape index (κ1) is 13.1. The maximum absolute atomic E-state index is 10.4. The van der Waals surface area contributed by atoms with Gasteiger partial charge in [0.25, 0.3) is 0 Å². The number of hydrogen-bond donors (Lipinski definition) is 1. The van der Waals surface area contributed by atoms with Crippen molar-refractivity contribution in [3.05, 3.63) is 36.2 Å². The van der Waals surface area contributed by atoms with E-state index in [4.69, 9.17) is 4.74 Å². The van der Waals surface area contributed by atoms with Crippen LogP contribution in [0, 0.1) is 5.92 Å². The minimum Gasteiger partial charge on any atom is -0.489 e. The number of ether oxygens (including phenoxy) is 1. The Kier molecular flexibility index (Phi) is 4.37. The molecule has 0 spiro atoms. The molecule has 2 unspecified atom stereocenters. The minimum atomic E-state index is -0.446. The molecule has 1 aliphatic carbocycles. The van der Waals surface area contributed by atoms with E-state index in [2.05, 4.69) is 17.1 Å². The van der Waals surface area contributed by atoms with Crippen LogP contribution in [-0.4, -0.2) is 16.2 Å². The molecule has 2 atom stereocenters. The van der Waals surface area contributed by atoms with Crippen LogP contribution in [0.15, 0.2) is 30.6 Å². The van der Waals surface area contributed by atoms with Crippen LogP contribution in [0.5, 0.6) is 5.75 Å². The Morgan fingerprint density at radius 1 is 1.33 bits per heavy atom. The molecular weight excluding hydrogens is 226 g/mol. The third kappa shape index (κ3) is 3.33. The molecule has 2 rings (SSSR count). The third-order valence-electron chi connectivity index (χ3n) is 3.20. The number of pyridine rings is 1. The molecule has 0 bridgehead atoms. The molecule has 1 aliphatic rings. The number of aliphatic hydroxyl groups excluding tert-OH is 1. The Morgan fingerprint density at radius 2 is 2.17 bits per heavy atom. The molecule has 1 aromatic heterocycles. The maximum Gasteiger partial charge on any atom is 0.138 e. The fraction of sp³-hybridized carbons (Fsp3) is 0.533. The Balaban J connectivity index is 2.09. The smallest absolute Gasteiger partial charge is 0.138 e. The molecule has 0 saturated heterocycles. The van der Waals surface area contributed by atoms with E-state index >= 15 is 0 Å². The summed E-state index contributed by atoms with van der Waals surface area (Å²) in [6, 6.07) is 1.90. The SMILES string of the molecule is CC(C)Oc1cncc(C(O)C2CC=CCC2)c1. The van der Waals surface area contributed by atoms with Crippen LogP contribution < -0.4 is 4.74 Å². The fourth-order valence-electron chi connectivity index (χ4n) is 2.31. The van der Waals surface area contributed by atoms with Gasteiger partial charge in [0.1, 0.15) is 5.75 Å². The van der Waals surface area contributed by atoms with Gasteiger partial charge in [-0.3, -0.25) is 4.98 Å². The molecule has 98 valence electrons. The van der Waals surface area contributed by atoms with Crippen molar-refractivity contribution >= 4 is 0 Å². The summed E-state index contributed by atoms with van der Waals surface area (Å²) < 4.78 is 5.60. The minimum absolute atomic E-state index is 0.122. The first-order valence-corrected chi connectivity index (χ1v) is 6.61. The molecule has 1 aromatic rings. The van der Waals surface area contributed by atoms with Crippen molar-refractivity contribution in [1.29, 1.82) is 0 Å². The molecular formula is C15H21NO2. The Hall–Kier alpha value is -1.35. The predicted molar refractivity (Wildman–Crippen MR) is 71.4 cm³/mol. The van der Waals surface area contributed by atoms with Gasteiger partial charge in [-0.15, -0.1) is 0 Å². The Morgan fingerprint density at radius 3 is 2.83 bits per heavy atom. The van der Waals surface area contributed by atoms with E-state index in [0.717, 1.165) is 30.6 Å². The molecule has 0 amide bonds. The average Bonchev–Trinajstić information content (AvgIpc) is 2.38. The van der Waals surface area contributed by atoms with E-state index in [0.29, 0.717) is 5.92 Å². The van der Waals surface area contributed by atoms with Gasteiger partial charge in [0.05, 0.1) is 18.4 Å². The summed E-state index contributed by atoms with van der Waals surface area (Å²) >= 11 is 0. The lowest BCUT2D eigenvalue weighted by atomic mass is 9.86. The number of nitrogens with zero attached hydrogens (tertiary/aromatic N) is 1. The van der Waals surface area contributed by atoms with Crippen LogP contribution in [0.3, 0.4) is 0 Å². The van der Waals surface area contributed by atoms with Crippen molar-refractivity contribution in [1.82, 2.24) is 4.98 Å². The van der Waals surface area contributed by atoms with Gasteiger partial charge < -0.3 is 9.84 Å². The highest BCUT2D eigenvalue weighted by atomic mass is 16.5. The topological polar surface area (TPSA) is 42.4 Å². The second kappa shape index (κ2) is 6.01. The van der Waals surface area contributed by atoms with Gasteiger partial charge >= 0.3 is 0 Å². The number of aliphatic hydroxyl groups is 1. The van der Waals surface area contributed by atoms with E-state index in [1.54, 1.807) is 12.4 Å². The highest BCUT2D eigenvalue weighted by Crippen LogP contribution is 2.32. The van der Waals surface area contributed by atoms with Crippen LogP contribution in [-0.2, 0) is 0 Å². The first-order chi connectivity index (χ1) is 8.66. The van der Waals surface area contributed by atoms with Gasteiger partial charge in [0.15, 0.2) is 0 Å². The number of allylic oxidation sites excluding steroid dienone is 2. The number of rotatable bonds is 4. The second-order valence-corrected chi connectivity index (χ2v) is 5.11.